The molecule has 1 atom stereocenters. The van der Waals surface area contributed by atoms with E-state index in [9.17, 15) is 0 Å². The lowest BCUT2D eigenvalue weighted by Crippen LogP contribution is -2.50. The number of rotatable bonds is 1. The average molecular weight is 191 g/mol. The van der Waals surface area contributed by atoms with E-state index in [0.29, 0.717) is 6.04 Å². The van der Waals surface area contributed by atoms with Gasteiger partial charge in [0.1, 0.15) is 0 Å². The van der Waals surface area contributed by atoms with Crippen LogP contribution in [0, 0.1) is 0 Å². The molecule has 1 aromatic rings. The number of benzene rings is 1. The van der Waals surface area contributed by atoms with Crippen molar-refractivity contribution >= 4 is 11.4 Å². The van der Waals surface area contributed by atoms with Crippen LogP contribution < -0.4 is 16.0 Å². The molecule has 1 fully saturated rings. The molecule has 1 saturated heterocycles. The number of nitrogens with one attached hydrogen (secondary N) is 1. The Hall–Kier alpha value is -1.22. The predicted molar refractivity (Wildman–Crippen MR) is 60.5 cm³/mol. The smallest absolute Gasteiger partial charge is 0.0603 e. The lowest BCUT2D eigenvalue weighted by molar-refractivity contribution is 0.501. The van der Waals surface area contributed by atoms with Crippen molar-refractivity contribution in [3.8, 4) is 0 Å². The van der Waals surface area contributed by atoms with Crippen molar-refractivity contribution in [3.63, 3.8) is 0 Å². The Morgan fingerprint density at radius 3 is 2.93 bits per heavy atom. The predicted octanol–water partition coefficient (Wildman–Crippen LogP) is 1.07. The topological polar surface area (TPSA) is 41.3 Å². The lowest BCUT2D eigenvalue weighted by atomic mass is 10.1. The Kier molecular flexibility index (Phi) is 2.59. The zero-order valence-corrected chi connectivity index (χ0v) is 8.53. The quantitative estimate of drug-likeness (QED) is 0.652. The third kappa shape index (κ3) is 1.68. The lowest BCUT2D eigenvalue weighted by Gasteiger charge is -2.36. The van der Waals surface area contributed by atoms with Crippen LogP contribution in [-0.2, 0) is 0 Å². The highest BCUT2D eigenvalue weighted by molar-refractivity contribution is 5.67. The largest absolute Gasteiger partial charge is 0.397 e. The van der Waals surface area contributed by atoms with Gasteiger partial charge in [0.2, 0.25) is 0 Å². The van der Waals surface area contributed by atoms with E-state index in [0.717, 1.165) is 25.3 Å². The summed E-state index contributed by atoms with van der Waals surface area (Å²) in [7, 11) is 0. The highest BCUT2D eigenvalue weighted by Crippen LogP contribution is 2.24. The zero-order chi connectivity index (χ0) is 9.97. The van der Waals surface area contributed by atoms with Crippen LogP contribution in [-0.4, -0.2) is 25.7 Å². The maximum atomic E-state index is 5.95. The summed E-state index contributed by atoms with van der Waals surface area (Å²) in [6.07, 6.45) is 0. The van der Waals surface area contributed by atoms with Crippen molar-refractivity contribution in [1.29, 1.82) is 0 Å². The second-order valence-corrected chi connectivity index (χ2v) is 3.81. The summed E-state index contributed by atoms with van der Waals surface area (Å²) in [6, 6.07) is 8.60. The Labute approximate surface area is 84.9 Å². The van der Waals surface area contributed by atoms with Gasteiger partial charge in [-0.25, -0.2) is 0 Å². The van der Waals surface area contributed by atoms with E-state index in [1.807, 2.05) is 18.2 Å². The molecule has 0 bridgehead atoms. The Bertz CT molecular complexity index is 311. The van der Waals surface area contributed by atoms with Gasteiger partial charge in [-0.05, 0) is 19.1 Å². The van der Waals surface area contributed by atoms with Crippen LogP contribution in [0.4, 0.5) is 11.4 Å². The first kappa shape index (κ1) is 9.34. The van der Waals surface area contributed by atoms with Crippen molar-refractivity contribution in [2.45, 2.75) is 13.0 Å². The molecule has 3 N–H and O–H groups in total. The molecule has 0 aromatic heterocycles. The van der Waals surface area contributed by atoms with Crippen molar-refractivity contribution in [1.82, 2.24) is 5.32 Å². The number of para-hydroxylation sites is 2. The Morgan fingerprint density at radius 1 is 1.43 bits per heavy atom. The molecule has 1 heterocycles. The normalized spacial score (nSPS) is 22.4. The summed E-state index contributed by atoms with van der Waals surface area (Å²) < 4.78 is 0. The SMILES string of the molecule is CC1CNCCN1c1ccccc1N. The van der Waals surface area contributed by atoms with Gasteiger partial charge in [0.05, 0.1) is 11.4 Å². The molecule has 0 saturated carbocycles. The van der Waals surface area contributed by atoms with Gasteiger partial charge in [-0.2, -0.15) is 0 Å². The van der Waals surface area contributed by atoms with Gasteiger partial charge in [-0.1, -0.05) is 12.1 Å². The summed E-state index contributed by atoms with van der Waals surface area (Å²) >= 11 is 0. The van der Waals surface area contributed by atoms with E-state index in [2.05, 4.69) is 23.2 Å². The number of nitrogens with two attached hydrogens (primary N) is 1. The molecular formula is C11H17N3. The molecule has 1 unspecified atom stereocenters. The van der Waals surface area contributed by atoms with Crippen LogP contribution in [0.2, 0.25) is 0 Å². The third-order valence-electron chi connectivity index (χ3n) is 2.75. The first-order chi connectivity index (χ1) is 6.79. The summed E-state index contributed by atoms with van der Waals surface area (Å²) in [5.74, 6) is 0. The van der Waals surface area contributed by atoms with Gasteiger partial charge in [-0.15, -0.1) is 0 Å². The van der Waals surface area contributed by atoms with Gasteiger partial charge in [0.25, 0.3) is 0 Å². The van der Waals surface area contributed by atoms with Crippen LogP contribution in [0.1, 0.15) is 6.92 Å². The fraction of sp³-hybridized carbons (Fsp3) is 0.455. The van der Waals surface area contributed by atoms with E-state index >= 15 is 0 Å². The van der Waals surface area contributed by atoms with Crippen molar-refractivity contribution in [2.75, 3.05) is 30.3 Å². The minimum Gasteiger partial charge on any atom is -0.397 e. The highest BCUT2D eigenvalue weighted by atomic mass is 15.2. The molecule has 1 aliphatic heterocycles. The summed E-state index contributed by atoms with van der Waals surface area (Å²) in [5.41, 5.74) is 8.00. The van der Waals surface area contributed by atoms with E-state index < -0.39 is 0 Å². The van der Waals surface area contributed by atoms with E-state index in [-0.39, 0.29) is 0 Å². The van der Waals surface area contributed by atoms with Crippen LogP contribution in [0.5, 0.6) is 0 Å². The van der Waals surface area contributed by atoms with Crippen molar-refractivity contribution < 1.29 is 0 Å². The molecule has 76 valence electrons. The minimum atomic E-state index is 0.522. The van der Waals surface area contributed by atoms with Gasteiger partial charge in [0.15, 0.2) is 0 Å². The Morgan fingerprint density at radius 2 is 2.21 bits per heavy atom. The summed E-state index contributed by atoms with van der Waals surface area (Å²) in [4.78, 5) is 2.37. The van der Waals surface area contributed by atoms with Gasteiger partial charge >= 0.3 is 0 Å². The fourth-order valence-electron chi connectivity index (χ4n) is 1.95. The molecule has 0 aliphatic carbocycles. The van der Waals surface area contributed by atoms with Gasteiger partial charge in [0, 0.05) is 25.7 Å². The van der Waals surface area contributed by atoms with Crippen LogP contribution >= 0.6 is 0 Å². The molecule has 1 aliphatic rings. The van der Waals surface area contributed by atoms with Crippen LogP contribution in [0.15, 0.2) is 24.3 Å². The van der Waals surface area contributed by atoms with Crippen LogP contribution in [0.3, 0.4) is 0 Å². The second-order valence-electron chi connectivity index (χ2n) is 3.81. The number of piperazine rings is 1. The first-order valence-electron chi connectivity index (χ1n) is 5.11. The number of nitrogens with zero attached hydrogens (tertiary/aromatic N) is 1. The van der Waals surface area contributed by atoms with Crippen molar-refractivity contribution in [3.05, 3.63) is 24.3 Å². The average Bonchev–Trinajstić information content (AvgIpc) is 2.20. The van der Waals surface area contributed by atoms with E-state index in [1.165, 1.54) is 5.69 Å². The second kappa shape index (κ2) is 3.88. The molecule has 0 amide bonds. The van der Waals surface area contributed by atoms with Crippen LogP contribution in [0.25, 0.3) is 0 Å². The number of hydrogen-bond donors (Lipinski definition) is 2. The molecule has 2 rings (SSSR count). The summed E-state index contributed by atoms with van der Waals surface area (Å²) in [6.45, 7) is 5.33. The molecule has 1 aromatic carbocycles. The minimum absolute atomic E-state index is 0.522. The maximum absolute atomic E-state index is 5.95. The zero-order valence-electron chi connectivity index (χ0n) is 8.53. The molecule has 3 nitrogen and oxygen atoms in total. The fourth-order valence-corrected chi connectivity index (χ4v) is 1.95. The number of hydrogen-bond acceptors (Lipinski definition) is 3. The third-order valence-corrected chi connectivity index (χ3v) is 2.75. The van der Waals surface area contributed by atoms with E-state index in [1.54, 1.807) is 0 Å². The summed E-state index contributed by atoms with van der Waals surface area (Å²) in [5, 5.41) is 3.37. The molecule has 14 heavy (non-hydrogen) atoms. The highest BCUT2D eigenvalue weighted by Gasteiger charge is 2.19. The standard InChI is InChI=1S/C11H17N3/c1-9-8-13-6-7-14(9)11-5-3-2-4-10(11)12/h2-5,9,13H,6-8,12H2,1H3. The number of nitrogen functional groups attached to an aromatic ring is 1. The first-order valence-corrected chi connectivity index (χ1v) is 5.11. The van der Waals surface area contributed by atoms with E-state index in [4.69, 9.17) is 5.73 Å². The van der Waals surface area contributed by atoms with Gasteiger partial charge < -0.3 is 16.0 Å². The maximum Gasteiger partial charge on any atom is 0.0603 e. The Balaban J connectivity index is 2.25. The van der Waals surface area contributed by atoms with Gasteiger partial charge in [-0.3, -0.25) is 0 Å². The molecule has 0 spiro atoms. The van der Waals surface area contributed by atoms with Crippen molar-refractivity contribution in [2.24, 2.45) is 0 Å². The monoisotopic (exact) mass is 191 g/mol. The molecule has 3 heteroatoms. The molecule has 0 radical (unpaired) electrons. The molecular weight excluding hydrogens is 174 g/mol. The number of anilines is 2.